The van der Waals surface area contributed by atoms with Crippen molar-refractivity contribution in [2.45, 2.75) is 18.7 Å². The molecule has 1 unspecified atom stereocenters. The molecule has 2 heterocycles. The summed E-state index contributed by atoms with van der Waals surface area (Å²) in [5.41, 5.74) is 0. The van der Waals surface area contributed by atoms with Crippen LogP contribution >= 0.6 is 24.0 Å². The molecule has 5 nitrogen and oxygen atoms in total. The summed E-state index contributed by atoms with van der Waals surface area (Å²) < 4.78 is 5.55. The Morgan fingerprint density at radius 3 is 3.00 bits per heavy atom. The van der Waals surface area contributed by atoms with Crippen LogP contribution in [0.4, 0.5) is 0 Å². The van der Waals surface area contributed by atoms with E-state index < -0.39 is 0 Å². The van der Waals surface area contributed by atoms with Gasteiger partial charge in [0.05, 0.1) is 18.1 Å². The summed E-state index contributed by atoms with van der Waals surface area (Å²) in [5, 5.41) is 2.47. The molecule has 0 radical (unpaired) electrons. The first-order valence-corrected chi connectivity index (χ1v) is 6.68. The van der Waals surface area contributed by atoms with Crippen LogP contribution in [0.25, 0.3) is 0 Å². The van der Waals surface area contributed by atoms with Gasteiger partial charge in [-0.3, -0.25) is 14.5 Å². The fourth-order valence-electron chi connectivity index (χ4n) is 1.52. The van der Waals surface area contributed by atoms with E-state index in [0.29, 0.717) is 16.6 Å². The average molecular weight is 284 g/mol. The van der Waals surface area contributed by atoms with Gasteiger partial charge >= 0.3 is 0 Å². The van der Waals surface area contributed by atoms with Crippen molar-refractivity contribution in [3.05, 3.63) is 24.2 Å². The summed E-state index contributed by atoms with van der Waals surface area (Å²) in [6.07, 6.45) is 1.54. The molecule has 1 aliphatic heterocycles. The van der Waals surface area contributed by atoms with Gasteiger partial charge in [-0.15, -0.1) is 0 Å². The van der Waals surface area contributed by atoms with Crippen molar-refractivity contribution in [2.24, 2.45) is 0 Å². The lowest BCUT2D eigenvalue weighted by Crippen LogP contribution is -2.40. The van der Waals surface area contributed by atoms with Crippen molar-refractivity contribution in [3.8, 4) is 0 Å². The Labute approximate surface area is 114 Å². The molecule has 1 aromatic rings. The fourth-order valence-corrected chi connectivity index (χ4v) is 2.92. The highest BCUT2D eigenvalue weighted by molar-refractivity contribution is 8.24. The molecule has 0 bridgehead atoms. The number of thiocarbonyl (C=S) groups is 1. The molecule has 0 saturated carbocycles. The van der Waals surface area contributed by atoms with Crippen LogP contribution in [0.1, 0.15) is 12.7 Å². The van der Waals surface area contributed by atoms with Gasteiger partial charge in [0.25, 0.3) is 0 Å². The number of amides is 2. The normalized spacial score (nSPS) is 19.4. The summed E-state index contributed by atoms with van der Waals surface area (Å²) >= 11 is 6.35. The topological polar surface area (TPSA) is 62.6 Å². The molecule has 7 heteroatoms. The highest BCUT2D eigenvalue weighted by atomic mass is 32.2. The Bertz CT molecular complexity index is 473. The molecule has 1 fully saturated rings. The number of thioether (sulfide) groups is 1. The highest BCUT2D eigenvalue weighted by Crippen LogP contribution is 2.26. The number of hydrogen-bond donors (Lipinski definition) is 1. The predicted molar refractivity (Wildman–Crippen MR) is 71.9 cm³/mol. The molecule has 1 atom stereocenters. The van der Waals surface area contributed by atoms with E-state index in [1.807, 2.05) is 0 Å². The van der Waals surface area contributed by atoms with E-state index in [4.69, 9.17) is 16.6 Å². The van der Waals surface area contributed by atoms with Crippen molar-refractivity contribution in [2.75, 3.05) is 6.54 Å². The molecule has 96 valence electrons. The van der Waals surface area contributed by atoms with Crippen molar-refractivity contribution >= 4 is 40.1 Å². The summed E-state index contributed by atoms with van der Waals surface area (Å²) in [4.78, 5) is 24.7. The lowest BCUT2D eigenvalue weighted by molar-refractivity contribution is -0.131. The lowest BCUT2D eigenvalue weighted by Gasteiger charge is -2.14. The van der Waals surface area contributed by atoms with E-state index in [2.05, 4.69) is 5.32 Å². The number of nitrogens with one attached hydrogen (secondary N) is 1. The van der Waals surface area contributed by atoms with E-state index in [0.717, 1.165) is 0 Å². The van der Waals surface area contributed by atoms with Gasteiger partial charge < -0.3 is 9.73 Å². The maximum atomic E-state index is 11.7. The van der Waals surface area contributed by atoms with Gasteiger partial charge in [0.1, 0.15) is 16.6 Å². The Morgan fingerprint density at radius 1 is 1.67 bits per heavy atom. The third-order valence-corrected chi connectivity index (χ3v) is 3.94. The average Bonchev–Trinajstić information content (AvgIpc) is 2.92. The highest BCUT2D eigenvalue weighted by Gasteiger charge is 2.34. The van der Waals surface area contributed by atoms with Gasteiger partial charge in [-0.1, -0.05) is 24.0 Å². The number of hydrogen-bond acceptors (Lipinski definition) is 5. The van der Waals surface area contributed by atoms with Crippen molar-refractivity contribution in [1.29, 1.82) is 0 Å². The van der Waals surface area contributed by atoms with Crippen LogP contribution in [0, 0.1) is 0 Å². The van der Waals surface area contributed by atoms with Crippen LogP contribution in [-0.2, 0) is 16.1 Å². The molecule has 0 aromatic carbocycles. The molecular formula is C11H12N2O3S2. The number of carbonyl (C=O) groups excluding carboxylic acids is 2. The summed E-state index contributed by atoms with van der Waals surface area (Å²) in [6.45, 7) is 2.05. The predicted octanol–water partition coefficient (Wildman–Crippen LogP) is 1.14. The Hall–Kier alpha value is -1.34. The molecule has 2 rings (SSSR count). The third-order valence-electron chi connectivity index (χ3n) is 2.45. The summed E-state index contributed by atoms with van der Waals surface area (Å²) in [5.74, 6) is 0.302. The Morgan fingerprint density at radius 2 is 2.44 bits per heavy atom. The van der Waals surface area contributed by atoms with Gasteiger partial charge in [-0.25, -0.2) is 0 Å². The molecule has 18 heavy (non-hydrogen) atoms. The van der Waals surface area contributed by atoms with Gasteiger partial charge in [0.2, 0.25) is 11.8 Å². The first-order chi connectivity index (χ1) is 8.58. The monoisotopic (exact) mass is 284 g/mol. The van der Waals surface area contributed by atoms with Crippen LogP contribution in [0.2, 0.25) is 0 Å². The van der Waals surface area contributed by atoms with Gasteiger partial charge in [0.15, 0.2) is 0 Å². The first kappa shape index (κ1) is 13.1. The minimum atomic E-state index is -0.253. The largest absolute Gasteiger partial charge is 0.467 e. The number of rotatable bonds is 4. The first-order valence-electron chi connectivity index (χ1n) is 5.39. The zero-order chi connectivity index (χ0) is 13.1. The second kappa shape index (κ2) is 5.53. The number of furan rings is 1. The molecule has 1 aliphatic rings. The van der Waals surface area contributed by atoms with Gasteiger partial charge in [-0.2, -0.15) is 0 Å². The molecule has 1 saturated heterocycles. The van der Waals surface area contributed by atoms with E-state index >= 15 is 0 Å². The van der Waals surface area contributed by atoms with Crippen LogP contribution in [0.5, 0.6) is 0 Å². The maximum absolute atomic E-state index is 11.7. The second-order valence-electron chi connectivity index (χ2n) is 3.81. The van der Waals surface area contributed by atoms with E-state index in [1.54, 1.807) is 25.3 Å². The molecule has 1 N–H and O–H groups in total. The van der Waals surface area contributed by atoms with Gasteiger partial charge in [-0.05, 0) is 19.1 Å². The molecule has 0 aliphatic carbocycles. The van der Waals surface area contributed by atoms with Crippen molar-refractivity contribution in [1.82, 2.24) is 10.2 Å². The maximum Gasteiger partial charge on any atom is 0.241 e. The van der Waals surface area contributed by atoms with Crippen LogP contribution in [0.3, 0.4) is 0 Å². The second-order valence-corrected chi connectivity index (χ2v) is 5.78. The molecule has 2 amide bonds. The number of nitrogens with zero attached hydrogens (tertiary/aromatic N) is 1. The number of carbonyl (C=O) groups is 2. The van der Waals surface area contributed by atoms with E-state index in [1.165, 1.54) is 16.7 Å². The minimum Gasteiger partial charge on any atom is -0.467 e. The smallest absolute Gasteiger partial charge is 0.241 e. The summed E-state index contributed by atoms with van der Waals surface area (Å²) in [7, 11) is 0. The van der Waals surface area contributed by atoms with Crippen LogP contribution < -0.4 is 5.32 Å². The van der Waals surface area contributed by atoms with Gasteiger partial charge in [0, 0.05) is 0 Å². The quantitative estimate of drug-likeness (QED) is 0.840. The lowest BCUT2D eigenvalue weighted by atomic mass is 10.4. The Kier molecular flexibility index (Phi) is 4.03. The fraction of sp³-hybridized carbons (Fsp3) is 0.364. The molecule has 0 spiro atoms. The zero-order valence-electron chi connectivity index (χ0n) is 9.71. The van der Waals surface area contributed by atoms with Crippen LogP contribution in [-0.4, -0.2) is 32.8 Å². The van der Waals surface area contributed by atoms with E-state index in [9.17, 15) is 9.59 Å². The van der Waals surface area contributed by atoms with E-state index in [-0.39, 0.29) is 23.6 Å². The molecule has 1 aromatic heterocycles. The standard InChI is InChI=1S/C11H12N2O3S2/c1-7-10(15)13(11(17)18-7)6-9(14)12-5-8-3-2-4-16-8/h2-4,7H,5-6H2,1H3,(H,12,14). The Balaban J connectivity index is 1.84. The minimum absolute atomic E-state index is 0.0320. The SMILES string of the molecule is CC1SC(=S)N(CC(=O)NCc2ccco2)C1=O. The zero-order valence-corrected chi connectivity index (χ0v) is 11.3. The summed E-state index contributed by atoms with van der Waals surface area (Å²) in [6, 6.07) is 3.52. The van der Waals surface area contributed by atoms with Crippen molar-refractivity contribution in [3.63, 3.8) is 0 Å². The van der Waals surface area contributed by atoms with Crippen LogP contribution in [0.15, 0.2) is 22.8 Å². The van der Waals surface area contributed by atoms with Crippen molar-refractivity contribution < 1.29 is 14.0 Å². The third kappa shape index (κ3) is 2.91. The molecular weight excluding hydrogens is 272 g/mol.